The molecule has 2 aromatic carbocycles. The molecule has 1 aliphatic heterocycles. The maximum atomic E-state index is 13.3. The molecule has 4 aromatic rings. The molecule has 1 saturated heterocycles. The van der Waals surface area contributed by atoms with Crippen LogP contribution in [0.15, 0.2) is 54.6 Å². The number of nitrogens with one attached hydrogen (secondary N) is 2. The summed E-state index contributed by atoms with van der Waals surface area (Å²) < 4.78 is 16.9. The number of rotatable bonds is 9. The van der Waals surface area contributed by atoms with Gasteiger partial charge in [-0.15, -0.1) is 0 Å². The van der Waals surface area contributed by atoms with Crippen molar-refractivity contribution in [2.45, 2.75) is 12.5 Å². The molecule has 38 heavy (non-hydrogen) atoms. The lowest BCUT2D eigenvalue weighted by Gasteiger charge is -2.29. The van der Waals surface area contributed by atoms with E-state index >= 15 is 0 Å². The number of nitrogens with zero attached hydrogens (tertiary/aromatic N) is 3. The van der Waals surface area contributed by atoms with Crippen molar-refractivity contribution < 1.29 is 19.0 Å². The molecule has 0 spiro atoms. The zero-order chi connectivity index (χ0) is 26.5. The van der Waals surface area contributed by atoms with Crippen LogP contribution in [0.5, 0.6) is 5.75 Å². The molecule has 10 heteroatoms. The van der Waals surface area contributed by atoms with Crippen molar-refractivity contribution in [2.24, 2.45) is 0 Å². The van der Waals surface area contributed by atoms with Crippen LogP contribution in [-0.2, 0) is 15.9 Å². The molecule has 0 aliphatic carbocycles. The highest BCUT2D eigenvalue weighted by Crippen LogP contribution is 2.31. The number of hydrogen-bond acceptors (Lipinski definition) is 7. The molecule has 2 aromatic heterocycles. The maximum absolute atomic E-state index is 13.3. The Morgan fingerprint density at radius 1 is 1.18 bits per heavy atom. The van der Waals surface area contributed by atoms with E-state index in [0.29, 0.717) is 67.2 Å². The summed E-state index contributed by atoms with van der Waals surface area (Å²) in [5, 5.41) is 3.66. The van der Waals surface area contributed by atoms with E-state index in [9.17, 15) is 4.79 Å². The number of aromatic nitrogens is 3. The van der Waals surface area contributed by atoms with Crippen molar-refractivity contribution in [1.29, 1.82) is 0 Å². The first kappa shape index (κ1) is 26.0. The number of imidazole rings is 1. The van der Waals surface area contributed by atoms with Gasteiger partial charge in [0, 0.05) is 37.1 Å². The fraction of sp³-hybridized carbons (Fsp3) is 0.321. The molecule has 1 aliphatic rings. The van der Waals surface area contributed by atoms with Crippen LogP contribution in [0, 0.1) is 0 Å². The summed E-state index contributed by atoms with van der Waals surface area (Å²) in [7, 11) is 3.54. The Morgan fingerprint density at radius 3 is 2.87 bits per heavy atom. The van der Waals surface area contributed by atoms with Gasteiger partial charge < -0.3 is 29.4 Å². The molecule has 2 N–H and O–H groups in total. The number of carbonyl (C=O) groups is 1. The number of amides is 1. The van der Waals surface area contributed by atoms with Gasteiger partial charge in [-0.3, -0.25) is 4.79 Å². The number of anilines is 1. The number of para-hydroxylation sites is 1. The molecular formula is C28H30ClN5O4. The van der Waals surface area contributed by atoms with E-state index in [1.165, 1.54) is 0 Å². The lowest BCUT2D eigenvalue weighted by Crippen LogP contribution is -2.39. The molecule has 1 fully saturated rings. The van der Waals surface area contributed by atoms with Gasteiger partial charge in [-0.05, 0) is 42.5 Å². The number of methoxy groups -OCH3 is 1. The normalized spacial score (nSPS) is 15.4. The highest BCUT2D eigenvalue weighted by molar-refractivity contribution is 6.31. The standard InChI is InChI=1S/C28H30ClN5O4/c1-34(16-19-17-37-13-14-38-19)27-21(8-10-22(33-27)20-5-3-4-6-25(20)36-2)28(35)30-12-11-26-31-23-9-7-18(29)15-24(23)32-26/h3-10,15,19H,11-14,16-17H2,1-2H3,(H,30,35)(H,31,32)/t19-/m0/s1. The third kappa shape index (κ3) is 5.91. The van der Waals surface area contributed by atoms with Gasteiger partial charge in [0.1, 0.15) is 17.4 Å². The average Bonchev–Trinajstić information content (AvgIpc) is 3.35. The number of halogens is 1. The molecule has 0 bridgehead atoms. The number of ether oxygens (including phenoxy) is 3. The van der Waals surface area contributed by atoms with Crippen LogP contribution in [0.3, 0.4) is 0 Å². The average molecular weight is 536 g/mol. The highest BCUT2D eigenvalue weighted by atomic mass is 35.5. The molecule has 0 radical (unpaired) electrons. The molecule has 0 unspecified atom stereocenters. The van der Waals surface area contributed by atoms with Gasteiger partial charge in [0.2, 0.25) is 0 Å². The van der Waals surface area contributed by atoms with Gasteiger partial charge in [-0.1, -0.05) is 23.7 Å². The van der Waals surface area contributed by atoms with Gasteiger partial charge in [-0.25, -0.2) is 9.97 Å². The van der Waals surface area contributed by atoms with E-state index in [1.807, 2.05) is 54.4 Å². The first-order chi connectivity index (χ1) is 18.5. The zero-order valence-electron chi connectivity index (χ0n) is 21.4. The Bertz CT molecular complexity index is 1420. The van der Waals surface area contributed by atoms with Crippen LogP contribution < -0.4 is 15.0 Å². The molecule has 3 heterocycles. The van der Waals surface area contributed by atoms with E-state index in [1.54, 1.807) is 19.2 Å². The number of carbonyl (C=O) groups excluding carboxylic acids is 1. The Hall–Kier alpha value is -3.66. The zero-order valence-corrected chi connectivity index (χ0v) is 22.1. The quantitative estimate of drug-likeness (QED) is 0.332. The smallest absolute Gasteiger partial charge is 0.255 e. The van der Waals surface area contributed by atoms with E-state index in [-0.39, 0.29) is 12.0 Å². The molecule has 198 valence electrons. The first-order valence-corrected chi connectivity index (χ1v) is 12.9. The number of pyridine rings is 1. The van der Waals surface area contributed by atoms with E-state index in [2.05, 4.69) is 15.3 Å². The Balaban J connectivity index is 1.36. The summed E-state index contributed by atoms with van der Waals surface area (Å²) in [5.74, 6) is 1.82. The minimum Gasteiger partial charge on any atom is -0.496 e. The number of fused-ring (bicyclic) bond motifs is 1. The second-order valence-electron chi connectivity index (χ2n) is 9.07. The predicted molar refractivity (Wildman–Crippen MR) is 147 cm³/mol. The van der Waals surface area contributed by atoms with Gasteiger partial charge in [0.15, 0.2) is 0 Å². The van der Waals surface area contributed by atoms with Gasteiger partial charge in [0.05, 0.1) is 55.3 Å². The van der Waals surface area contributed by atoms with Crippen LogP contribution in [0.1, 0.15) is 16.2 Å². The molecule has 1 atom stereocenters. The minimum absolute atomic E-state index is 0.108. The SMILES string of the molecule is COc1ccccc1-c1ccc(C(=O)NCCc2nc3ccc(Cl)cc3[nH]2)c(N(C)C[C@H]2COCCO2)n1. The molecule has 1 amide bonds. The lowest BCUT2D eigenvalue weighted by molar-refractivity contribution is -0.0837. The maximum Gasteiger partial charge on any atom is 0.255 e. The number of likely N-dealkylation sites (N-methyl/N-ethyl adjacent to an activating group) is 1. The van der Waals surface area contributed by atoms with Crippen LogP contribution in [0.25, 0.3) is 22.3 Å². The number of benzene rings is 2. The van der Waals surface area contributed by atoms with E-state index in [4.69, 9.17) is 30.8 Å². The second kappa shape index (κ2) is 11.8. The van der Waals surface area contributed by atoms with Crippen molar-refractivity contribution in [3.63, 3.8) is 0 Å². The molecule has 5 rings (SSSR count). The van der Waals surface area contributed by atoms with Crippen LogP contribution in [0.2, 0.25) is 5.02 Å². The number of H-pyrrole nitrogens is 1. The summed E-state index contributed by atoms with van der Waals surface area (Å²) in [6.07, 6.45) is 0.436. The first-order valence-electron chi connectivity index (χ1n) is 12.5. The van der Waals surface area contributed by atoms with Crippen LogP contribution in [0.4, 0.5) is 5.82 Å². The lowest BCUT2D eigenvalue weighted by atomic mass is 10.1. The summed E-state index contributed by atoms with van der Waals surface area (Å²) in [6.45, 7) is 2.58. The van der Waals surface area contributed by atoms with Crippen molar-refractivity contribution >= 4 is 34.4 Å². The predicted octanol–water partition coefficient (Wildman–Crippen LogP) is 4.11. The van der Waals surface area contributed by atoms with Crippen molar-refractivity contribution in [2.75, 3.05) is 52.0 Å². The van der Waals surface area contributed by atoms with Gasteiger partial charge in [0.25, 0.3) is 5.91 Å². The fourth-order valence-corrected chi connectivity index (χ4v) is 4.67. The fourth-order valence-electron chi connectivity index (χ4n) is 4.50. The number of hydrogen-bond donors (Lipinski definition) is 2. The molecule has 9 nitrogen and oxygen atoms in total. The summed E-state index contributed by atoms with van der Waals surface area (Å²) >= 11 is 6.07. The van der Waals surface area contributed by atoms with Crippen LogP contribution in [-0.4, -0.2) is 74.0 Å². The molecule has 0 saturated carbocycles. The minimum atomic E-state index is -0.217. The molecular weight excluding hydrogens is 506 g/mol. The van der Waals surface area contributed by atoms with Crippen molar-refractivity contribution in [3.8, 4) is 17.0 Å². The largest absolute Gasteiger partial charge is 0.496 e. The number of aromatic amines is 1. The third-order valence-electron chi connectivity index (χ3n) is 6.37. The van der Waals surface area contributed by atoms with Crippen molar-refractivity contribution in [1.82, 2.24) is 20.3 Å². The Morgan fingerprint density at radius 2 is 2.05 bits per heavy atom. The van der Waals surface area contributed by atoms with Crippen LogP contribution >= 0.6 is 11.6 Å². The topological polar surface area (TPSA) is 102 Å². The second-order valence-corrected chi connectivity index (χ2v) is 9.50. The van der Waals surface area contributed by atoms with Crippen molar-refractivity contribution in [3.05, 3.63) is 71.0 Å². The Kier molecular flexibility index (Phi) is 8.07. The van der Waals surface area contributed by atoms with E-state index < -0.39 is 0 Å². The highest BCUT2D eigenvalue weighted by Gasteiger charge is 2.22. The Labute approximate surface area is 226 Å². The summed E-state index contributed by atoms with van der Waals surface area (Å²) in [5.41, 5.74) is 3.73. The summed E-state index contributed by atoms with van der Waals surface area (Å²) in [6, 6.07) is 16.8. The van der Waals surface area contributed by atoms with E-state index in [0.717, 1.165) is 22.4 Å². The third-order valence-corrected chi connectivity index (χ3v) is 6.60. The van der Waals surface area contributed by atoms with Gasteiger partial charge >= 0.3 is 0 Å². The summed E-state index contributed by atoms with van der Waals surface area (Å²) in [4.78, 5) is 28.0. The van der Waals surface area contributed by atoms with Gasteiger partial charge in [-0.2, -0.15) is 0 Å². The monoisotopic (exact) mass is 535 g/mol.